The second-order valence-corrected chi connectivity index (χ2v) is 11.3. The summed E-state index contributed by atoms with van der Waals surface area (Å²) in [6.07, 6.45) is 1.41. The van der Waals surface area contributed by atoms with Crippen molar-refractivity contribution >= 4 is 88.4 Å². The highest BCUT2D eigenvalue weighted by molar-refractivity contribution is 9.11. The number of carbonyl (C=O) groups is 2. The van der Waals surface area contributed by atoms with Crippen molar-refractivity contribution in [2.24, 2.45) is 5.10 Å². The van der Waals surface area contributed by atoms with E-state index in [0.29, 0.717) is 37.4 Å². The summed E-state index contributed by atoms with van der Waals surface area (Å²) in [5.74, 6) is -0.733. The molecule has 0 atom stereocenters. The lowest BCUT2D eigenvalue weighted by atomic mass is 10.0. The van der Waals surface area contributed by atoms with Crippen LogP contribution < -0.4 is 10.2 Å². The molecular weight excluding hydrogens is 714 g/mol. The highest BCUT2D eigenvalue weighted by atomic mass is 79.9. The molecule has 0 unspecified atom stereocenters. The Labute approximate surface area is 253 Å². The van der Waals surface area contributed by atoms with Crippen molar-refractivity contribution < 1.29 is 14.3 Å². The number of hydrogen-bond acceptors (Lipinski definition) is 4. The molecule has 5 aromatic rings. The first-order chi connectivity index (χ1) is 18.8. The van der Waals surface area contributed by atoms with Crippen LogP contribution in [0.1, 0.15) is 26.4 Å². The third kappa shape index (κ3) is 5.86. The number of aromatic nitrogens is 1. The SMILES string of the molecule is O=C(Oc1c(Br)cc(Br)cc1C=NNC(=O)c1[nH]c2c(Br)cccc2c1-c1ccccc1Cl)c1ccccc1. The maximum absolute atomic E-state index is 13.4. The summed E-state index contributed by atoms with van der Waals surface area (Å²) in [6.45, 7) is 0. The second kappa shape index (κ2) is 11.9. The van der Waals surface area contributed by atoms with Crippen molar-refractivity contribution in [3.8, 4) is 16.9 Å². The molecule has 0 aliphatic heterocycles. The first-order valence-corrected chi connectivity index (χ1v) is 14.2. The Morgan fingerprint density at radius 3 is 2.41 bits per heavy atom. The van der Waals surface area contributed by atoms with Crippen LogP contribution in [-0.2, 0) is 0 Å². The van der Waals surface area contributed by atoms with E-state index in [1.165, 1.54) is 6.21 Å². The first kappa shape index (κ1) is 27.3. The van der Waals surface area contributed by atoms with E-state index in [4.69, 9.17) is 16.3 Å². The molecule has 0 saturated heterocycles. The Balaban J connectivity index is 1.47. The molecule has 1 aromatic heterocycles. The van der Waals surface area contributed by atoms with E-state index >= 15 is 0 Å². The number of hydrazone groups is 1. The number of para-hydroxylation sites is 1. The zero-order valence-electron chi connectivity index (χ0n) is 19.8. The lowest BCUT2D eigenvalue weighted by Gasteiger charge is -2.10. The number of benzene rings is 4. The molecule has 39 heavy (non-hydrogen) atoms. The lowest BCUT2D eigenvalue weighted by molar-refractivity contribution is 0.0733. The van der Waals surface area contributed by atoms with Crippen LogP contribution in [0.4, 0.5) is 0 Å². The Morgan fingerprint density at radius 1 is 0.897 bits per heavy atom. The van der Waals surface area contributed by atoms with Crippen LogP contribution in [0.25, 0.3) is 22.0 Å². The van der Waals surface area contributed by atoms with Crippen LogP contribution in [0.3, 0.4) is 0 Å². The molecule has 0 radical (unpaired) electrons. The highest BCUT2D eigenvalue weighted by Crippen LogP contribution is 2.39. The summed E-state index contributed by atoms with van der Waals surface area (Å²) in [5, 5.41) is 5.51. The fourth-order valence-corrected chi connectivity index (χ4v) is 6.06. The van der Waals surface area contributed by atoms with Gasteiger partial charge in [0.25, 0.3) is 5.91 Å². The second-order valence-electron chi connectivity index (χ2n) is 8.28. The maximum Gasteiger partial charge on any atom is 0.343 e. The number of amides is 1. The van der Waals surface area contributed by atoms with Crippen LogP contribution in [0, 0.1) is 0 Å². The molecule has 194 valence electrons. The summed E-state index contributed by atoms with van der Waals surface area (Å²) < 4.78 is 7.73. The number of fused-ring (bicyclic) bond motifs is 1. The molecule has 0 saturated carbocycles. The van der Waals surface area contributed by atoms with Crippen LogP contribution in [0.15, 0.2) is 103 Å². The Morgan fingerprint density at radius 2 is 1.64 bits per heavy atom. The molecule has 0 aliphatic carbocycles. The van der Waals surface area contributed by atoms with Crippen molar-refractivity contribution in [1.29, 1.82) is 0 Å². The Kier molecular flexibility index (Phi) is 8.32. The monoisotopic (exact) mass is 727 g/mol. The Bertz CT molecular complexity index is 1750. The zero-order valence-corrected chi connectivity index (χ0v) is 25.4. The number of nitrogens with zero attached hydrogens (tertiary/aromatic N) is 1. The fraction of sp³-hybridized carbons (Fsp3) is 0. The number of rotatable bonds is 6. The van der Waals surface area contributed by atoms with E-state index in [0.717, 1.165) is 19.8 Å². The Hall–Kier alpha value is -3.24. The van der Waals surface area contributed by atoms with Gasteiger partial charge in [0, 0.05) is 36.0 Å². The van der Waals surface area contributed by atoms with Gasteiger partial charge in [-0.1, -0.05) is 76.1 Å². The minimum absolute atomic E-state index is 0.261. The van der Waals surface area contributed by atoms with Crippen molar-refractivity contribution in [3.05, 3.63) is 120 Å². The van der Waals surface area contributed by atoms with Crippen molar-refractivity contribution in [2.45, 2.75) is 0 Å². The normalized spacial score (nSPS) is 11.2. The van der Waals surface area contributed by atoms with Gasteiger partial charge in [-0.2, -0.15) is 5.10 Å². The van der Waals surface area contributed by atoms with Crippen molar-refractivity contribution in [1.82, 2.24) is 10.4 Å². The molecule has 1 heterocycles. The molecule has 10 heteroatoms. The molecule has 0 aliphatic rings. The maximum atomic E-state index is 13.4. The van der Waals surface area contributed by atoms with Gasteiger partial charge in [-0.15, -0.1) is 0 Å². The predicted molar refractivity (Wildman–Crippen MR) is 165 cm³/mol. The van der Waals surface area contributed by atoms with E-state index in [2.05, 4.69) is 63.3 Å². The number of H-pyrrole nitrogens is 1. The summed E-state index contributed by atoms with van der Waals surface area (Å²) in [5.41, 5.74) is 5.87. The predicted octanol–water partition coefficient (Wildman–Crippen LogP) is 8.76. The van der Waals surface area contributed by atoms with Gasteiger partial charge in [0.1, 0.15) is 5.69 Å². The number of ether oxygens (including phenoxy) is 1. The highest BCUT2D eigenvalue weighted by Gasteiger charge is 2.22. The lowest BCUT2D eigenvalue weighted by Crippen LogP contribution is -2.19. The summed E-state index contributed by atoms with van der Waals surface area (Å²) >= 11 is 17.0. The molecule has 2 N–H and O–H groups in total. The van der Waals surface area contributed by atoms with Crippen LogP contribution in [-0.4, -0.2) is 23.1 Å². The van der Waals surface area contributed by atoms with E-state index in [1.54, 1.807) is 42.5 Å². The summed E-state index contributed by atoms with van der Waals surface area (Å²) in [7, 11) is 0. The van der Waals surface area contributed by atoms with E-state index in [-0.39, 0.29) is 5.75 Å². The van der Waals surface area contributed by atoms with Gasteiger partial charge in [-0.3, -0.25) is 4.79 Å². The van der Waals surface area contributed by atoms with Gasteiger partial charge in [-0.25, -0.2) is 10.2 Å². The average molecular weight is 731 g/mol. The number of aromatic amines is 1. The van der Waals surface area contributed by atoms with E-state index in [1.807, 2.05) is 42.5 Å². The zero-order chi connectivity index (χ0) is 27.5. The topological polar surface area (TPSA) is 83.5 Å². The van der Waals surface area contributed by atoms with E-state index in [9.17, 15) is 9.59 Å². The molecule has 0 bridgehead atoms. The van der Waals surface area contributed by atoms with Crippen LogP contribution in [0.5, 0.6) is 5.75 Å². The largest absolute Gasteiger partial charge is 0.421 e. The average Bonchev–Trinajstić information content (AvgIpc) is 3.32. The van der Waals surface area contributed by atoms with Crippen molar-refractivity contribution in [2.75, 3.05) is 0 Å². The number of hydrogen-bond donors (Lipinski definition) is 2. The minimum Gasteiger partial charge on any atom is -0.421 e. The van der Waals surface area contributed by atoms with Crippen LogP contribution in [0.2, 0.25) is 5.02 Å². The summed E-state index contributed by atoms with van der Waals surface area (Å²) in [6, 6.07) is 25.2. The number of halogens is 4. The van der Waals surface area contributed by atoms with Gasteiger partial charge in [-0.05, 0) is 68.3 Å². The number of carbonyl (C=O) groups excluding carboxylic acids is 2. The van der Waals surface area contributed by atoms with Gasteiger partial charge in [0.2, 0.25) is 0 Å². The van der Waals surface area contributed by atoms with Gasteiger partial charge < -0.3 is 9.72 Å². The minimum atomic E-state index is -0.523. The molecule has 0 spiro atoms. The van der Waals surface area contributed by atoms with Crippen LogP contribution >= 0.6 is 59.4 Å². The van der Waals surface area contributed by atoms with Gasteiger partial charge in [0.15, 0.2) is 5.75 Å². The number of nitrogens with one attached hydrogen (secondary N) is 2. The van der Waals surface area contributed by atoms with E-state index < -0.39 is 11.9 Å². The van der Waals surface area contributed by atoms with Gasteiger partial charge >= 0.3 is 5.97 Å². The molecule has 4 aromatic carbocycles. The molecule has 0 fully saturated rings. The third-order valence-electron chi connectivity index (χ3n) is 5.76. The first-order valence-electron chi connectivity index (χ1n) is 11.5. The standard InChI is InChI=1S/C29H17Br3ClN3O3/c30-18-13-17(27(22(32)14-18)39-29(38)16-7-2-1-3-8-16)15-34-36-28(37)26-24(19-9-4-5-12-23(19)33)20-10-6-11-21(31)25(20)35-26/h1-15,35H,(H,36,37). The fourth-order valence-electron chi connectivity index (χ4n) is 4.02. The van der Waals surface area contributed by atoms with Crippen molar-refractivity contribution in [3.63, 3.8) is 0 Å². The summed E-state index contributed by atoms with van der Waals surface area (Å²) in [4.78, 5) is 29.3. The molecule has 6 nitrogen and oxygen atoms in total. The quantitative estimate of drug-likeness (QED) is 0.0794. The molecule has 1 amide bonds. The third-order valence-corrected chi connectivity index (χ3v) is 7.80. The smallest absolute Gasteiger partial charge is 0.343 e. The van der Waals surface area contributed by atoms with Gasteiger partial charge in [0.05, 0.1) is 21.8 Å². The molecule has 5 rings (SSSR count). The molecular formula is C29H17Br3ClN3O3. The number of esters is 1.